The quantitative estimate of drug-likeness (QED) is 0.472. The third-order valence-electron chi connectivity index (χ3n) is 5.92. The smallest absolute Gasteiger partial charge is 0.351 e. The van der Waals surface area contributed by atoms with E-state index in [1.165, 1.54) is 12.3 Å². The van der Waals surface area contributed by atoms with Crippen LogP contribution >= 0.6 is 11.6 Å². The van der Waals surface area contributed by atoms with Gasteiger partial charge in [0.15, 0.2) is 12.0 Å². The van der Waals surface area contributed by atoms with Crippen LogP contribution in [0.25, 0.3) is 0 Å². The molecular formula is C22H26ClN3O6. The fourth-order valence-corrected chi connectivity index (χ4v) is 4.52. The van der Waals surface area contributed by atoms with Crippen LogP contribution in [0.3, 0.4) is 0 Å². The lowest BCUT2D eigenvalue weighted by molar-refractivity contribution is -0.184. The third kappa shape index (κ3) is 4.66. The number of nitrogen functional groups attached to an aromatic ring is 1. The van der Waals surface area contributed by atoms with Crippen LogP contribution in [0.1, 0.15) is 42.3 Å². The van der Waals surface area contributed by atoms with Gasteiger partial charge < -0.3 is 25.1 Å². The Labute approximate surface area is 190 Å². The first-order valence-corrected chi connectivity index (χ1v) is 11.1. The molecule has 1 aliphatic heterocycles. The molecule has 1 saturated carbocycles. The van der Waals surface area contributed by atoms with Crippen LogP contribution in [0.15, 0.2) is 47.4 Å². The topological polar surface area (TPSA) is 126 Å². The van der Waals surface area contributed by atoms with Crippen LogP contribution in [-0.4, -0.2) is 51.1 Å². The Morgan fingerprint density at radius 2 is 1.94 bits per heavy atom. The lowest BCUT2D eigenvalue weighted by Gasteiger charge is -2.28. The van der Waals surface area contributed by atoms with E-state index in [1.807, 2.05) is 6.07 Å². The molecule has 1 aliphatic carbocycles. The molecule has 0 unspecified atom stereocenters. The van der Waals surface area contributed by atoms with Crippen molar-refractivity contribution in [2.75, 3.05) is 18.2 Å². The second kappa shape index (κ2) is 9.58. The zero-order valence-corrected chi connectivity index (χ0v) is 18.2. The molecule has 4 atom stereocenters. The Hall–Kier alpha value is -2.46. The van der Waals surface area contributed by atoms with Gasteiger partial charge >= 0.3 is 11.7 Å². The van der Waals surface area contributed by atoms with E-state index in [1.54, 1.807) is 24.3 Å². The highest BCUT2D eigenvalue weighted by molar-refractivity contribution is 6.18. The van der Waals surface area contributed by atoms with Crippen molar-refractivity contribution in [2.24, 2.45) is 5.92 Å². The highest BCUT2D eigenvalue weighted by Crippen LogP contribution is 2.46. The largest absolute Gasteiger partial charge is 0.462 e. The molecular weight excluding hydrogens is 438 g/mol. The minimum atomic E-state index is -1.38. The van der Waals surface area contributed by atoms with Gasteiger partial charge in [-0.3, -0.25) is 4.57 Å². The lowest BCUT2D eigenvalue weighted by atomic mass is 9.99. The number of nitrogens with two attached hydrogens (primary N) is 1. The van der Waals surface area contributed by atoms with Crippen molar-refractivity contribution in [1.82, 2.24) is 9.55 Å². The second-order valence-corrected chi connectivity index (χ2v) is 8.43. The molecule has 1 saturated heterocycles. The van der Waals surface area contributed by atoms with Crippen molar-refractivity contribution >= 4 is 23.4 Å². The number of carbonyl (C=O) groups excluding carboxylic acids is 1. The van der Waals surface area contributed by atoms with Crippen molar-refractivity contribution < 1.29 is 24.1 Å². The molecule has 4 rings (SSSR count). The standard InChI is InChI=1S/C22H26ClN3O6/c23-12-15(13-30-20(28)14-6-2-1-3-7-14)17-18(32-22(31-17)9-4-5-10-22)19(27)26-11-8-16(24)25-21(26)29/h1-3,6-8,11,15,17-19,27H,4-5,9-10,12-13H2,(H2,24,25,29)/t15-,17+,18+,19+/m0/s1. The van der Waals surface area contributed by atoms with Gasteiger partial charge in [0.1, 0.15) is 11.9 Å². The number of benzene rings is 1. The number of anilines is 1. The van der Waals surface area contributed by atoms with Crippen molar-refractivity contribution in [3.05, 3.63) is 58.6 Å². The summed E-state index contributed by atoms with van der Waals surface area (Å²) in [6, 6.07) is 10.0. The average Bonchev–Trinajstić information content (AvgIpc) is 3.41. The van der Waals surface area contributed by atoms with Gasteiger partial charge in [0.2, 0.25) is 0 Å². The maximum absolute atomic E-state index is 12.4. The number of nitrogens with zero attached hydrogens (tertiary/aromatic N) is 2. The highest BCUT2D eigenvalue weighted by atomic mass is 35.5. The zero-order chi connectivity index (χ0) is 22.7. The van der Waals surface area contributed by atoms with Crippen LogP contribution in [0.5, 0.6) is 0 Å². The van der Waals surface area contributed by atoms with Crippen LogP contribution in [0.2, 0.25) is 0 Å². The SMILES string of the molecule is Nc1ccn([C@H](O)[C@@H]2OC3(CCCC3)O[C@@H]2[C@@H](CCl)COC(=O)c2ccccc2)c(=O)n1. The second-order valence-electron chi connectivity index (χ2n) is 8.12. The number of halogens is 1. The van der Waals surface area contributed by atoms with Crippen LogP contribution in [-0.2, 0) is 14.2 Å². The number of hydrogen-bond donors (Lipinski definition) is 2. The number of aliphatic hydroxyl groups is 1. The van der Waals surface area contributed by atoms with Gasteiger partial charge in [-0.05, 0) is 31.0 Å². The Bertz CT molecular complexity index is 995. The molecule has 10 heteroatoms. The lowest BCUT2D eigenvalue weighted by Crippen LogP contribution is -2.43. The summed E-state index contributed by atoms with van der Waals surface area (Å²) in [6.07, 6.45) is 1.56. The molecule has 0 radical (unpaired) electrons. The summed E-state index contributed by atoms with van der Waals surface area (Å²) < 4.78 is 19.0. The molecule has 1 spiro atoms. The number of ether oxygens (including phenoxy) is 3. The Kier molecular flexibility index (Phi) is 6.80. The summed E-state index contributed by atoms with van der Waals surface area (Å²) in [4.78, 5) is 28.4. The molecule has 172 valence electrons. The maximum Gasteiger partial charge on any atom is 0.351 e. The molecule has 2 aromatic rings. The number of carbonyl (C=O) groups is 1. The van der Waals surface area contributed by atoms with Gasteiger partial charge in [0, 0.05) is 30.8 Å². The summed E-state index contributed by atoms with van der Waals surface area (Å²) in [5.74, 6) is -1.65. The van der Waals surface area contributed by atoms with E-state index in [-0.39, 0.29) is 18.3 Å². The van der Waals surface area contributed by atoms with Crippen LogP contribution < -0.4 is 11.4 Å². The Balaban J connectivity index is 1.55. The van der Waals surface area contributed by atoms with E-state index in [2.05, 4.69) is 4.98 Å². The van der Waals surface area contributed by atoms with E-state index in [0.717, 1.165) is 17.4 Å². The monoisotopic (exact) mass is 463 g/mol. The van der Waals surface area contributed by atoms with Gasteiger partial charge in [-0.2, -0.15) is 4.98 Å². The molecule has 1 aromatic heterocycles. The van der Waals surface area contributed by atoms with E-state index in [0.29, 0.717) is 18.4 Å². The first-order chi connectivity index (χ1) is 15.4. The van der Waals surface area contributed by atoms with E-state index < -0.39 is 41.8 Å². The van der Waals surface area contributed by atoms with E-state index in [9.17, 15) is 14.7 Å². The van der Waals surface area contributed by atoms with Crippen molar-refractivity contribution in [3.8, 4) is 0 Å². The predicted molar refractivity (Wildman–Crippen MR) is 116 cm³/mol. The molecule has 0 amide bonds. The highest BCUT2D eigenvalue weighted by Gasteiger charge is 2.54. The van der Waals surface area contributed by atoms with E-state index >= 15 is 0 Å². The summed E-state index contributed by atoms with van der Waals surface area (Å²) in [6.45, 7) is -0.0283. The van der Waals surface area contributed by atoms with Gasteiger partial charge in [-0.15, -0.1) is 11.6 Å². The summed E-state index contributed by atoms with van der Waals surface area (Å²) in [5, 5.41) is 11.0. The summed E-state index contributed by atoms with van der Waals surface area (Å²) >= 11 is 6.23. The third-order valence-corrected chi connectivity index (χ3v) is 6.32. The van der Waals surface area contributed by atoms with Gasteiger partial charge in [0.05, 0.1) is 18.3 Å². The average molecular weight is 464 g/mol. The molecule has 1 aromatic carbocycles. The molecule has 9 nitrogen and oxygen atoms in total. The number of hydrogen-bond acceptors (Lipinski definition) is 8. The van der Waals surface area contributed by atoms with Crippen LogP contribution in [0.4, 0.5) is 5.82 Å². The molecule has 0 bridgehead atoms. The van der Waals surface area contributed by atoms with Gasteiger partial charge in [-0.1, -0.05) is 18.2 Å². The molecule has 2 fully saturated rings. The fraction of sp³-hybridized carbons (Fsp3) is 0.500. The zero-order valence-electron chi connectivity index (χ0n) is 17.4. The van der Waals surface area contributed by atoms with Gasteiger partial charge in [-0.25, -0.2) is 9.59 Å². The normalized spacial score (nSPS) is 23.8. The molecule has 2 heterocycles. The van der Waals surface area contributed by atoms with Crippen molar-refractivity contribution in [3.63, 3.8) is 0 Å². The van der Waals surface area contributed by atoms with E-state index in [4.69, 9.17) is 31.5 Å². The fourth-order valence-electron chi connectivity index (χ4n) is 4.26. The number of alkyl halides is 1. The number of aliphatic hydroxyl groups excluding tert-OH is 1. The molecule has 3 N–H and O–H groups in total. The van der Waals surface area contributed by atoms with Crippen molar-refractivity contribution in [1.29, 1.82) is 0 Å². The summed E-state index contributed by atoms with van der Waals surface area (Å²) in [7, 11) is 0. The predicted octanol–water partition coefficient (Wildman–Crippen LogP) is 2.08. The number of aromatic nitrogens is 2. The first kappa shape index (κ1) is 22.7. The molecule has 32 heavy (non-hydrogen) atoms. The maximum atomic E-state index is 12.4. The molecule has 2 aliphatic rings. The Morgan fingerprint density at radius 1 is 1.25 bits per heavy atom. The number of esters is 1. The Morgan fingerprint density at radius 3 is 2.59 bits per heavy atom. The minimum absolute atomic E-state index is 0.0283. The first-order valence-electron chi connectivity index (χ1n) is 10.6. The number of rotatable bonds is 7. The van der Waals surface area contributed by atoms with Crippen LogP contribution in [0, 0.1) is 5.92 Å². The van der Waals surface area contributed by atoms with Crippen molar-refractivity contribution in [2.45, 2.75) is 49.9 Å². The minimum Gasteiger partial charge on any atom is -0.462 e. The summed E-state index contributed by atoms with van der Waals surface area (Å²) in [5.41, 5.74) is 5.28. The van der Waals surface area contributed by atoms with Gasteiger partial charge in [0.25, 0.3) is 0 Å².